The zero-order valence-electron chi connectivity index (χ0n) is 19.3. The maximum Gasteiger partial charge on any atom is 0.266 e. The lowest BCUT2D eigenvalue weighted by atomic mass is 10.1. The van der Waals surface area contributed by atoms with E-state index in [9.17, 15) is 9.59 Å². The van der Waals surface area contributed by atoms with Crippen molar-refractivity contribution in [3.63, 3.8) is 0 Å². The molecule has 6 heteroatoms. The van der Waals surface area contributed by atoms with E-state index in [1.165, 1.54) is 5.56 Å². The van der Waals surface area contributed by atoms with Gasteiger partial charge in [-0.05, 0) is 67.4 Å². The van der Waals surface area contributed by atoms with Crippen LogP contribution in [0.4, 0.5) is 0 Å². The van der Waals surface area contributed by atoms with E-state index in [0.717, 1.165) is 12.1 Å². The normalized spacial score (nSPS) is 11.9. The van der Waals surface area contributed by atoms with Crippen molar-refractivity contribution in [1.29, 1.82) is 0 Å². The van der Waals surface area contributed by atoms with E-state index < -0.39 is 6.04 Å². The van der Waals surface area contributed by atoms with Gasteiger partial charge in [0, 0.05) is 12.6 Å². The quantitative estimate of drug-likeness (QED) is 0.432. The van der Waals surface area contributed by atoms with Gasteiger partial charge >= 0.3 is 0 Å². The maximum absolute atomic E-state index is 13.5. The van der Waals surface area contributed by atoms with Gasteiger partial charge in [-0.3, -0.25) is 14.2 Å². The monoisotopic (exact) mass is 441 g/mol. The standard InChI is InChI=1S/C27H27N3O3/c1-5-19-10-14-21(15-11-19)30-25(28-24-9-7-6-8-23(24)27(30)32)18(2)29(3)26(31)20-12-16-22(33-4)17-13-20/h6-18H,5H2,1-4H3. The van der Waals surface area contributed by atoms with E-state index in [4.69, 9.17) is 9.72 Å². The van der Waals surface area contributed by atoms with Crippen LogP contribution in [0.3, 0.4) is 0 Å². The van der Waals surface area contributed by atoms with Crippen LogP contribution in [0.2, 0.25) is 0 Å². The molecule has 6 nitrogen and oxygen atoms in total. The number of nitrogens with zero attached hydrogens (tertiary/aromatic N) is 3. The minimum atomic E-state index is -0.456. The molecule has 0 saturated heterocycles. The van der Waals surface area contributed by atoms with Gasteiger partial charge in [-0.2, -0.15) is 0 Å². The molecule has 1 amide bonds. The summed E-state index contributed by atoms with van der Waals surface area (Å²) < 4.78 is 6.80. The number of aryl methyl sites for hydroxylation is 1. The molecule has 0 saturated carbocycles. The number of carbonyl (C=O) groups excluding carboxylic acids is 1. The summed E-state index contributed by atoms with van der Waals surface area (Å²) in [5.41, 5.74) is 2.89. The van der Waals surface area contributed by atoms with Crippen LogP contribution in [0.25, 0.3) is 16.6 Å². The highest BCUT2D eigenvalue weighted by Gasteiger charge is 2.25. The van der Waals surface area contributed by atoms with Crippen molar-refractivity contribution >= 4 is 16.8 Å². The average molecular weight is 442 g/mol. The van der Waals surface area contributed by atoms with Gasteiger partial charge in [-0.15, -0.1) is 0 Å². The smallest absolute Gasteiger partial charge is 0.266 e. The summed E-state index contributed by atoms with van der Waals surface area (Å²) in [6.07, 6.45) is 0.910. The summed E-state index contributed by atoms with van der Waals surface area (Å²) in [7, 11) is 3.31. The van der Waals surface area contributed by atoms with E-state index in [1.807, 2.05) is 49.4 Å². The highest BCUT2D eigenvalue weighted by Crippen LogP contribution is 2.24. The Balaban J connectivity index is 1.82. The Kier molecular flexibility index (Phi) is 6.27. The van der Waals surface area contributed by atoms with Gasteiger partial charge in [0.25, 0.3) is 11.5 Å². The summed E-state index contributed by atoms with van der Waals surface area (Å²) >= 11 is 0. The predicted octanol–water partition coefficient (Wildman–Crippen LogP) is 4.79. The molecule has 4 aromatic rings. The number of para-hydroxylation sites is 1. The van der Waals surface area contributed by atoms with E-state index >= 15 is 0 Å². The lowest BCUT2D eigenvalue weighted by Gasteiger charge is -2.27. The predicted molar refractivity (Wildman–Crippen MR) is 130 cm³/mol. The largest absolute Gasteiger partial charge is 0.497 e. The molecule has 33 heavy (non-hydrogen) atoms. The zero-order valence-corrected chi connectivity index (χ0v) is 19.3. The van der Waals surface area contributed by atoms with Crippen LogP contribution >= 0.6 is 0 Å². The number of carbonyl (C=O) groups is 1. The van der Waals surface area contributed by atoms with Gasteiger partial charge in [0.15, 0.2) is 0 Å². The molecular weight excluding hydrogens is 414 g/mol. The molecule has 4 rings (SSSR count). The molecule has 1 aromatic heterocycles. The van der Waals surface area contributed by atoms with Gasteiger partial charge in [0.05, 0.1) is 29.7 Å². The van der Waals surface area contributed by atoms with Crippen LogP contribution in [0, 0.1) is 0 Å². The summed E-state index contributed by atoms with van der Waals surface area (Å²) in [6, 6.07) is 21.7. The number of amides is 1. The van der Waals surface area contributed by atoms with E-state index in [2.05, 4.69) is 6.92 Å². The molecule has 0 aliphatic rings. The lowest BCUT2D eigenvalue weighted by Crippen LogP contribution is -2.34. The Morgan fingerprint density at radius 2 is 1.70 bits per heavy atom. The second-order valence-electron chi connectivity index (χ2n) is 7.97. The van der Waals surface area contributed by atoms with Crippen LogP contribution in [0.15, 0.2) is 77.6 Å². The number of methoxy groups -OCH3 is 1. The topological polar surface area (TPSA) is 64.4 Å². The Hall–Kier alpha value is -3.93. The van der Waals surface area contributed by atoms with Crippen LogP contribution < -0.4 is 10.3 Å². The Morgan fingerprint density at radius 3 is 2.33 bits per heavy atom. The fraction of sp³-hybridized carbons (Fsp3) is 0.222. The summed E-state index contributed by atoms with van der Waals surface area (Å²) in [6.45, 7) is 3.97. The number of fused-ring (bicyclic) bond motifs is 1. The highest BCUT2D eigenvalue weighted by molar-refractivity contribution is 5.94. The minimum Gasteiger partial charge on any atom is -0.497 e. The molecule has 0 fully saturated rings. The molecule has 0 N–H and O–H groups in total. The molecular formula is C27H27N3O3. The van der Waals surface area contributed by atoms with Crippen molar-refractivity contribution in [2.75, 3.05) is 14.2 Å². The van der Waals surface area contributed by atoms with Gasteiger partial charge in [0.2, 0.25) is 0 Å². The second kappa shape index (κ2) is 9.28. The third-order valence-corrected chi connectivity index (χ3v) is 6.02. The molecule has 0 spiro atoms. The molecule has 0 radical (unpaired) electrons. The van der Waals surface area contributed by atoms with E-state index in [0.29, 0.717) is 28.0 Å². The third kappa shape index (κ3) is 4.24. The van der Waals surface area contributed by atoms with Crippen molar-refractivity contribution in [3.05, 3.63) is 100 Å². The van der Waals surface area contributed by atoms with Crippen LogP contribution in [0.5, 0.6) is 5.75 Å². The van der Waals surface area contributed by atoms with E-state index in [1.54, 1.807) is 54.0 Å². The van der Waals surface area contributed by atoms with Crippen molar-refractivity contribution in [2.24, 2.45) is 0 Å². The van der Waals surface area contributed by atoms with Gasteiger partial charge in [0.1, 0.15) is 11.6 Å². The maximum atomic E-state index is 13.5. The number of rotatable bonds is 6. The molecule has 1 atom stereocenters. The van der Waals surface area contributed by atoms with Gasteiger partial charge < -0.3 is 9.64 Å². The number of hydrogen-bond donors (Lipinski definition) is 0. The average Bonchev–Trinajstić information content (AvgIpc) is 2.87. The summed E-state index contributed by atoms with van der Waals surface area (Å²) in [5.74, 6) is 1.02. The first-order valence-electron chi connectivity index (χ1n) is 11.0. The molecule has 0 bridgehead atoms. The van der Waals surface area contributed by atoms with Gasteiger partial charge in [-0.1, -0.05) is 31.2 Å². The first kappa shape index (κ1) is 22.3. The number of hydrogen-bond acceptors (Lipinski definition) is 4. The fourth-order valence-electron chi connectivity index (χ4n) is 3.85. The molecule has 0 aliphatic heterocycles. The lowest BCUT2D eigenvalue weighted by molar-refractivity contribution is 0.0735. The molecule has 1 unspecified atom stereocenters. The number of benzene rings is 3. The Bertz CT molecular complexity index is 1340. The zero-order chi connectivity index (χ0) is 23.5. The van der Waals surface area contributed by atoms with Crippen LogP contribution in [-0.4, -0.2) is 34.5 Å². The molecule has 0 aliphatic carbocycles. The number of ether oxygens (including phenoxy) is 1. The SMILES string of the molecule is CCc1ccc(-n2c(C(C)N(C)C(=O)c3ccc(OC)cc3)nc3ccccc3c2=O)cc1. The van der Waals surface area contributed by atoms with Crippen molar-refractivity contribution in [3.8, 4) is 11.4 Å². The molecule has 1 heterocycles. The van der Waals surface area contributed by atoms with E-state index in [-0.39, 0.29) is 11.5 Å². The van der Waals surface area contributed by atoms with Crippen molar-refractivity contribution < 1.29 is 9.53 Å². The van der Waals surface area contributed by atoms with Crippen molar-refractivity contribution in [1.82, 2.24) is 14.5 Å². The van der Waals surface area contributed by atoms with Crippen LogP contribution in [0.1, 0.15) is 41.6 Å². The Labute approximate surface area is 193 Å². The first-order chi connectivity index (χ1) is 15.9. The summed E-state index contributed by atoms with van der Waals surface area (Å²) in [4.78, 5) is 33.2. The summed E-state index contributed by atoms with van der Waals surface area (Å²) in [5, 5.41) is 0.539. The van der Waals surface area contributed by atoms with Crippen molar-refractivity contribution in [2.45, 2.75) is 26.3 Å². The Morgan fingerprint density at radius 1 is 1.03 bits per heavy atom. The third-order valence-electron chi connectivity index (χ3n) is 6.02. The van der Waals surface area contributed by atoms with Crippen LogP contribution in [-0.2, 0) is 6.42 Å². The first-order valence-corrected chi connectivity index (χ1v) is 11.0. The minimum absolute atomic E-state index is 0.156. The highest BCUT2D eigenvalue weighted by atomic mass is 16.5. The molecule has 168 valence electrons. The fourth-order valence-corrected chi connectivity index (χ4v) is 3.85. The second-order valence-corrected chi connectivity index (χ2v) is 7.97. The van der Waals surface area contributed by atoms with Gasteiger partial charge in [-0.25, -0.2) is 4.98 Å². The number of aromatic nitrogens is 2. The molecule has 3 aromatic carbocycles.